The van der Waals surface area contributed by atoms with Gasteiger partial charge in [-0.2, -0.15) is 0 Å². The van der Waals surface area contributed by atoms with E-state index in [1.54, 1.807) is 12.4 Å². The first-order chi connectivity index (χ1) is 9.74. The number of aryl methyl sites for hydroxylation is 1. The van der Waals surface area contributed by atoms with Crippen LogP contribution >= 0.6 is 0 Å². The van der Waals surface area contributed by atoms with Gasteiger partial charge in [-0.25, -0.2) is 0 Å². The molecule has 1 N–H and O–H groups in total. The maximum atomic E-state index is 12.3. The number of aromatic nitrogens is 1. The van der Waals surface area contributed by atoms with Crippen LogP contribution in [0.4, 0.5) is 5.69 Å². The lowest BCUT2D eigenvalue weighted by Crippen LogP contribution is -2.05. The van der Waals surface area contributed by atoms with Gasteiger partial charge in [0.1, 0.15) is 12.4 Å². The van der Waals surface area contributed by atoms with E-state index in [4.69, 9.17) is 4.74 Å². The highest BCUT2D eigenvalue weighted by Crippen LogP contribution is 2.41. The van der Waals surface area contributed by atoms with Gasteiger partial charge in [0.05, 0.1) is 5.57 Å². The number of amides is 1. The van der Waals surface area contributed by atoms with Crippen LogP contribution < -0.4 is 5.32 Å². The highest BCUT2D eigenvalue weighted by atomic mass is 16.5. The van der Waals surface area contributed by atoms with Crippen LogP contribution in [-0.4, -0.2) is 10.9 Å². The molecule has 4 rings (SSSR count). The summed E-state index contributed by atoms with van der Waals surface area (Å²) in [5.41, 5.74) is 5.47. The van der Waals surface area contributed by atoms with Crippen molar-refractivity contribution in [3.8, 4) is 0 Å². The Bertz CT molecular complexity index is 778. The fourth-order valence-electron chi connectivity index (χ4n) is 2.70. The second-order valence-electron chi connectivity index (χ2n) is 5.03. The summed E-state index contributed by atoms with van der Waals surface area (Å²) in [6.45, 7) is 2.48. The summed E-state index contributed by atoms with van der Waals surface area (Å²) in [6, 6.07) is 7.82. The molecule has 0 spiro atoms. The number of ether oxygens (including phenoxy) is 1. The van der Waals surface area contributed by atoms with E-state index in [0.717, 1.165) is 27.9 Å². The summed E-state index contributed by atoms with van der Waals surface area (Å²) in [5, 5.41) is 2.89. The van der Waals surface area contributed by atoms with Crippen LogP contribution in [0.3, 0.4) is 0 Å². The normalized spacial score (nSPS) is 19.4. The molecule has 98 valence electrons. The number of fused-ring (bicyclic) bond motifs is 2. The Kier molecular flexibility index (Phi) is 2.21. The number of benzene rings is 1. The molecule has 0 unspecified atom stereocenters. The molecule has 0 radical (unpaired) electrons. The molecule has 1 aromatic heterocycles. The molecule has 4 nitrogen and oxygen atoms in total. The minimum absolute atomic E-state index is 0.106. The quantitative estimate of drug-likeness (QED) is 0.744. The van der Waals surface area contributed by atoms with E-state index in [1.807, 2.05) is 31.2 Å². The molecule has 4 heteroatoms. The first-order valence-electron chi connectivity index (χ1n) is 6.47. The van der Waals surface area contributed by atoms with E-state index in [9.17, 15) is 4.79 Å². The topological polar surface area (TPSA) is 51.2 Å². The first-order valence-corrected chi connectivity index (χ1v) is 6.47. The molecule has 0 fully saturated rings. The van der Waals surface area contributed by atoms with Crippen LogP contribution in [0.5, 0.6) is 0 Å². The predicted molar refractivity (Wildman–Crippen MR) is 75.6 cm³/mol. The van der Waals surface area contributed by atoms with E-state index in [1.165, 1.54) is 0 Å². The van der Waals surface area contributed by atoms with Crippen molar-refractivity contribution in [2.75, 3.05) is 5.32 Å². The molecule has 0 atom stereocenters. The number of anilines is 1. The Balaban J connectivity index is 1.98. The highest BCUT2D eigenvalue weighted by molar-refractivity contribution is 6.36. The summed E-state index contributed by atoms with van der Waals surface area (Å²) in [6.07, 6.45) is 3.50. The number of rotatable bonds is 0. The molecule has 2 aliphatic rings. The third-order valence-electron chi connectivity index (χ3n) is 3.67. The van der Waals surface area contributed by atoms with Gasteiger partial charge in [-0.3, -0.25) is 9.78 Å². The van der Waals surface area contributed by atoms with Gasteiger partial charge in [0.15, 0.2) is 0 Å². The van der Waals surface area contributed by atoms with Crippen LogP contribution in [0.25, 0.3) is 11.3 Å². The summed E-state index contributed by atoms with van der Waals surface area (Å²) in [7, 11) is 0. The fraction of sp³-hybridized carbons (Fsp3) is 0.125. The second-order valence-corrected chi connectivity index (χ2v) is 5.03. The molecule has 20 heavy (non-hydrogen) atoms. The van der Waals surface area contributed by atoms with Crippen molar-refractivity contribution in [2.45, 2.75) is 13.5 Å². The summed E-state index contributed by atoms with van der Waals surface area (Å²) in [5.74, 6) is 0.550. The lowest BCUT2D eigenvalue weighted by Gasteiger charge is -2.05. The molecule has 0 saturated carbocycles. The van der Waals surface area contributed by atoms with Crippen molar-refractivity contribution >= 4 is 22.9 Å². The number of pyridine rings is 1. The SMILES string of the molecule is Cc1ccc2c(c1)C(=C1OCc3cnccc31)C(=O)N2. The van der Waals surface area contributed by atoms with Crippen LogP contribution in [0.15, 0.2) is 36.7 Å². The van der Waals surface area contributed by atoms with E-state index in [0.29, 0.717) is 17.9 Å². The van der Waals surface area contributed by atoms with Gasteiger partial charge >= 0.3 is 0 Å². The molecule has 0 saturated heterocycles. The molecule has 1 amide bonds. The Morgan fingerprint density at radius 3 is 3.05 bits per heavy atom. The number of nitrogens with zero attached hydrogens (tertiary/aromatic N) is 1. The molecule has 0 aliphatic carbocycles. The number of hydrogen-bond acceptors (Lipinski definition) is 3. The van der Waals surface area contributed by atoms with Gasteiger partial charge in [-0.1, -0.05) is 11.6 Å². The number of carbonyl (C=O) groups excluding carboxylic acids is 1. The molecule has 0 bridgehead atoms. The molecule has 2 aromatic rings. The zero-order valence-electron chi connectivity index (χ0n) is 10.9. The number of carbonyl (C=O) groups is 1. The minimum atomic E-state index is -0.106. The zero-order valence-corrected chi connectivity index (χ0v) is 10.9. The van der Waals surface area contributed by atoms with Crippen molar-refractivity contribution in [1.82, 2.24) is 4.98 Å². The lowest BCUT2D eigenvalue weighted by molar-refractivity contribution is -0.110. The average Bonchev–Trinajstić information content (AvgIpc) is 2.99. The fourth-order valence-corrected chi connectivity index (χ4v) is 2.70. The lowest BCUT2D eigenvalue weighted by atomic mass is 10.0. The highest BCUT2D eigenvalue weighted by Gasteiger charge is 2.32. The molecular formula is C16H12N2O2. The van der Waals surface area contributed by atoms with E-state index in [-0.39, 0.29) is 5.91 Å². The summed E-state index contributed by atoms with van der Waals surface area (Å²) >= 11 is 0. The van der Waals surface area contributed by atoms with Crippen LogP contribution in [0.1, 0.15) is 22.3 Å². The molecular weight excluding hydrogens is 252 g/mol. The van der Waals surface area contributed by atoms with E-state index < -0.39 is 0 Å². The van der Waals surface area contributed by atoms with Crippen molar-refractivity contribution in [1.29, 1.82) is 0 Å². The Morgan fingerprint density at radius 2 is 2.15 bits per heavy atom. The third-order valence-corrected chi connectivity index (χ3v) is 3.67. The predicted octanol–water partition coefficient (Wildman–Crippen LogP) is 2.74. The Hall–Kier alpha value is -2.62. The van der Waals surface area contributed by atoms with Crippen LogP contribution in [0, 0.1) is 6.92 Å². The third kappa shape index (κ3) is 1.48. The molecule has 1 aromatic carbocycles. The first kappa shape index (κ1) is 11.2. The zero-order chi connectivity index (χ0) is 13.7. The van der Waals surface area contributed by atoms with Gasteiger partial charge < -0.3 is 10.1 Å². The Labute approximate surface area is 116 Å². The van der Waals surface area contributed by atoms with Gasteiger partial charge in [0, 0.05) is 34.8 Å². The van der Waals surface area contributed by atoms with E-state index >= 15 is 0 Å². The average molecular weight is 264 g/mol. The summed E-state index contributed by atoms with van der Waals surface area (Å²) in [4.78, 5) is 16.4. The van der Waals surface area contributed by atoms with Crippen molar-refractivity contribution in [3.63, 3.8) is 0 Å². The van der Waals surface area contributed by atoms with Crippen LogP contribution in [0.2, 0.25) is 0 Å². The largest absolute Gasteiger partial charge is 0.487 e. The van der Waals surface area contributed by atoms with Gasteiger partial charge in [0.2, 0.25) is 0 Å². The number of nitrogens with one attached hydrogen (secondary N) is 1. The van der Waals surface area contributed by atoms with Gasteiger partial charge in [0.25, 0.3) is 5.91 Å². The van der Waals surface area contributed by atoms with Crippen molar-refractivity contribution in [3.05, 3.63) is 58.9 Å². The maximum absolute atomic E-state index is 12.3. The monoisotopic (exact) mass is 264 g/mol. The Morgan fingerprint density at radius 1 is 1.25 bits per heavy atom. The van der Waals surface area contributed by atoms with E-state index in [2.05, 4.69) is 10.3 Å². The molecule has 2 aliphatic heterocycles. The van der Waals surface area contributed by atoms with Crippen LogP contribution in [-0.2, 0) is 16.1 Å². The van der Waals surface area contributed by atoms with Crippen molar-refractivity contribution < 1.29 is 9.53 Å². The van der Waals surface area contributed by atoms with Gasteiger partial charge in [-0.05, 0) is 25.1 Å². The standard InChI is InChI=1S/C16H12N2O2/c1-9-2-3-13-12(6-9)14(16(19)18-13)15-11-4-5-17-7-10(11)8-20-15/h2-7H,8H2,1H3,(H,18,19). The minimum Gasteiger partial charge on any atom is -0.487 e. The maximum Gasteiger partial charge on any atom is 0.260 e. The number of hydrogen-bond donors (Lipinski definition) is 1. The second kappa shape index (κ2) is 3.93. The summed E-state index contributed by atoms with van der Waals surface area (Å²) < 4.78 is 5.75. The van der Waals surface area contributed by atoms with Gasteiger partial charge in [-0.15, -0.1) is 0 Å². The smallest absolute Gasteiger partial charge is 0.260 e. The van der Waals surface area contributed by atoms with Crippen molar-refractivity contribution in [2.24, 2.45) is 0 Å². The molecule has 3 heterocycles.